The predicted octanol–water partition coefficient (Wildman–Crippen LogP) is 3.76. The first-order valence-corrected chi connectivity index (χ1v) is 4.56. The Bertz CT molecular complexity index is 122. The summed E-state index contributed by atoms with van der Waals surface area (Å²) >= 11 is 0. The normalized spacial score (nSPS) is 20.6. The van der Waals surface area contributed by atoms with Gasteiger partial charge in [0.15, 0.2) is 0 Å². The van der Waals surface area contributed by atoms with Crippen LogP contribution in [0.1, 0.15) is 50.0 Å². The van der Waals surface area contributed by atoms with Crippen molar-refractivity contribution in [1.29, 1.82) is 0 Å². The quantitative estimate of drug-likeness (QED) is 0.500. The molecular weight excluding hydrogens is 204 g/mol. The van der Waals surface area contributed by atoms with E-state index >= 15 is 0 Å². The molecule has 0 aromatic rings. The van der Waals surface area contributed by atoms with E-state index < -0.39 is 0 Å². The molecule has 1 aliphatic heterocycles. The van der Waals surface area contributed by atoms with Gasteiger partial charge in [0.25, 0.3) is 0 Å². The minimum Gasteiger partial charge on any atom is -0.379 e. The standard InChI is InChI=1S/C9H18O3.4CH4/c1-3-4-10-5-6-11-7-9(2)8-12-9;;;;/h3-8H2,1-2H3;4*1H4. The highest BCUT2D eigenvalue weighted by atomic mass is 16.6. The van der Waals surface area contributed by atoms with Gasteiger partial charge in [-0.25, -0.2) is 0 Å². The van der Waals surface area contributed by atoms with Crippen molar-refractivity contribution in [1.82, 2.24) is 0 Å². The second kappa shape index (κ2) is 12.9. The van der Waals surface area contributed by atoms with Crippen LogP contribution in [-0.2, 0) is 14.2 Å². The molecule has 0 aromatic heterocycles. The maximum atomic E-state index is 5.36. The van der Waals surface area contributed by atoms with Gasteiger partial charge >= 0.3 is 0 Å². The first-order valence-electron chi connectivity index (χ1n) is 4.56. The molecule has 1 rings (SSSR count). The van der Waals surface area contributed by atoms with Crippen molar-refractivity contribution in [2.24, 2.45) is 0 Å². The summed E-state index contributed by atoms with van der Waals surface area (Å²) < 4.78 is 15.8. The Morgan fingerprint density at radius 3 is 1.94 bits per heavy atom. The maximum Gasteiger partial charge on any atom is 0.112 e. The van der Waals surface area contributed by atoms with Crippen LogP contribution in [0.5, 0.6) is 0 Å². The van der Waals surface area contributed by atoms with Gasteiger partial charge in [0.2, 0.25) is 0 Å². The van der Waals surface area contributed by atoms with Crippen LogP contribution in [0.25, 0.3) is 0 Å². The van der Waals surface area contributed by atoms with Crippen molar-refractivity contribution in [3.05, 3.63) is 0 Å². The zero-order chi connectivity index (χ0) is 8.86. The molecule has 0 spiro atoms. The monoisotopic (exact) mass is 238 g/mol. The number of rotatable bonds is 7. The molecule has 104 valence electrons. The van der Waals surface area contributed by atoms with Crippen LogP contribution in [-0.4, -0.2) is 38.6 Å². The average Bonchev–Trinajstić information content (AvgIpc) is 2.77. The molecule has 0 aliphatic carbocycles. The van der Waals surface area contributed by atoms with Crippen molar-refractivity contribution in [2.75, 3.05) is 33.0 Å². The molecule has 0 amide bonds. The maximum absolute atomic E-state index is 5.36. The van der Waals surface area contributed by atoms with E-state index in [1.807, 2.05) is 0 Å². The molecule has 0 radical (unpaired) electrons. The zero-order valence-corrected chi connectivity index (χ0v) is 7.97. The summed E-state index contributed by atoms with van der Waals surface area (Å²) in [4.78, 5) is 0. The average molecular weight is 238 g/mol. The fourth-order valence-electron chi connectivity index (χ4n) is 0.859. The molecule has 16 heavy (non-hydrogen) atoms. The lowest BCUT2D eigenvalue weighted by Crippen LogP contribution is -2.16. The summed E-state index contributed by atoms with van der Waals surface area (Å²) in [6.45, 7) is 7.89. The Labute approximate surface area is 103 Å². The summed E-state index contributed by atoms with van der Waals surface area (Å²) in [6, 6.07) is 0. The molecule has 1 heterocycles. The van der Waals surface area contributed by atoms with Crippen LogP contribution >= 0.6 is 0 Å². The van der Waals surface area contributed by atoms with E-state index in [1.165, 1.54) is 0 Å². The van der Waals surface area contributed by atoms with E-state index in [4.69, 9.17) is 14.2 Å². The first-order chi connectivity index (χ1) is 5.77. The van der Waals surface area contributed by atoms with Crippen LogP contribution in [0, 0.1) is 0 Å². The van der Waals surface area contributed by atoms with Gasteiger partial charge in [-0.3, -0.25) is 0 Å². The number of epoxide rings is 1. The van der Waals surface area contributed by atoms with Crippen LogP contribution < -0.4 is 0 Å². The summed E-state index contributed by atoms with van der Waals surface area (Å²) in [5, 5.41) is 0. The van der Waals surface area contributed by atoms with Crippen molar-refractivity contribution in [3.8, 4) is 0 Å². The molecular formula is C13H34O3. The smallest absolute Gasteiger partial charge is 0.112 e. The van der Waals surface area contributed by atoms with Crippen LogP contribution in [0.15, 0.2) is 0 Å². The third-order valence-corrected chi connectivity index (χ3v) is 1.76. The predicted molar refractivity (Wildman–Crippen MR) is 73.2 cm³/mol. The van der Waals surface area contributed by atoms with Gasteiger partial charge in [0, 0.05) is 6.61 Å². The summed E-state index contributed by atoms with van der Waals surface area (Å²) in [5.74, 6) is 0. The highest BCUT2D eigenvalue weighted by Crippen LogP contribution is 2.25. The fraction of sp³-hybridized carbons (Fsp3) is 1.00. The van der Waals surface area contributed by atoms with Crippen LogP contribution in [0.4, 0.5) is 0 Å². The van der Waals surface area contributed by atoms with Gasteiger partial charge in [0.1, 0.15) is 5.60 Å². The topological polar surface area (TPSA) is 31.0 Å². The van der Waals surface area contributed by atoms with E-state index in [2.05, 4.69) is 13.8 Å². The Balaban J connectivity index is -0.000000180. The van der Waals surface area contributed by atoms with E-state index in [0.29, 0.717) is 19.8 Å². The molecule has 1 atom stereocenters. The Morgan fingerprint density at radius 2 is 1.50 bits per heavy atom. The third kappa shape index (κ3) is 12.0. The summed E-state index contributed by atoms with van der Waals surface area (Å²) in [6.07, 6.45) is 1.07. The van der Waals surface area contributed by atoms with Crippen molar-refractivity contribution in [3.63, 3.8) is 0 Å². The highest BCUT2D eigenvalue weighted by Gasteiger charge is 2.39. The second-order valence-corrected chi connectivity index (χ2v) is 3.40. The van der Waals surface area contributed by atoms with Crippen molar-refractivity contribution < 1.29 is 14.2 Å². The molecule has 0 bridgehead atoms. The lowest BCUT2D eigenvalue weighted by atomic mass is 10.2. The minimum absolute atomic E-state index is 0. The van der Waals surface area contributed by atoms with E-state index in [9.17, 15) is 0 Å². The molecule has 0 N–H and O–H groups in total. The molecule has 3 nitrogen and oxygen atoms in total. The second-order valence-electron chi connectivity index (χ2n) is 3.40. The lowest BCUT2D eigenvalue weighted by molar-refractivity contribution is 0.0286. The molecule has 1 fully saturated rings. The van der Waals surface area contributed by atoms with Gasteiger partial charge in [-0.2, -0.15) is 0 Å². The van der Waals surface area contributed by atoms with Crippen molar-refractivity contribution >= 4 is 0 Å². The number of ether oxygens (including phenoxy) is 3. The fourth-order valence-corrected chi connectivity index (χ4v) is 0.859. The molecule has 1 aliphatic rings. The Kier molecular flexibility index (Phi) is 20.2. The van der Waals surface area contributed by atoms with E-state index in [-0.39, 0.29) is 35.3 Å². The first kappa shape index (κ1) is 24.9. The molecule has 1 unspecified atom stereocenters. The summed E-state index contributed by atoms with van der Waals surface area (Å²) in [5.41, 5.74) is 0.0186. The third-order valence-electron chi connectivity index (χ3n) is 1.76. The summed E-state index contributed by atoms with van der Waals surface area (Å²) in [7, 11) is 0. The molecule has 0 saturated carbocycles. The highest BCUT2D eigenvalue weighted by molar-refractivity contribution is 4.86. The van der Waals surface area contributed by atoms with Gasteiger partial charge in [-0.1, -0.05) is 36.6 Å². The van der Waals surface area contributed by atoms with Gasteiger partial charge in [-0.05, 0) is 13.3 Å². The largest absolute Gasteiger partial charge is 0.379 e. The van der Waals surface area contributed by atoms with E-state index in [0.717, 1.165) is 19.6 Å². The SMILES string of the molecule is C.C.C.C.CCCOCCOCC1(C)CO1. The van der Waals surface area contributed by atoms with Crippen LogP contribution in [0.3, 0.4) is 0 Å². The van der Waals surface area contributed by atoms with Gasteiger partial charge < -0.3 is 14.2 Å². The lowest BCUT2D eigenvalue weighted by Gasteiger charge is -2.06. The number of hydrogen-bond acceptors (Lipinski definition) is 3. The van der Waals surface area contributed by atoms with Gasteiger partial charge in [0.05, 0.1) is 26.4 Å². The van der Waals surface area contributed by atoms with Crippen molar-refractivity contribution in [2.45, 2.75) is 55.6 Å². The number of hydrogen-bond donors (Lipinski definition) is 0. The molecule has 3 heteroatoms. The molecule has 0 aromatic carbocycles. The minimum atomic E-state index is 0. The Morgan fingerprint density at radius 1 is 1.00 bits per heavy atom. The van der Waals surface area contributed by atoms with E-state index in [1.54, 1.807) is 0 Å². The zero-order valence-electron chi connectivity index (χ0n) is 7.97. The van der Waals surface area contributed by atoms with Gasteiger partial charge in [-0.15, -0.1) is 0 Å². The molecule has 1 saturated heterocycles. The Hall–Kier alpha value is -0.120. The van der Waals surface area contributed by atoms with Crippen LogP contribution in [0.2, 0.25) is 0 Å².